The Morgan fingerprint density at radius 1 is 1.33 bits per heavy atom. The Bertz CT molecular complexity index is 451. The van der Waals surface area contributed by atoms with E-state index in [0.29, 0.717) is 12.5 Å². The molecule has 0 aliphatic heterocycles. The number of hydrogen-bond acceptors (Lipinski definition) is 3. The van der Waals surface area contributed by atoms with Gasteiger partial charge in [0.15, 0.2) is 6.73 Å². The second-order valence-electron chi connectivity index (χ2n) is 3.32. The van der Waals surface area contributed by atoms with Crippen molar-refractivity contribution in [3.8, 4) is 5.75 Å². The van der Waals surface area contributed by atoms with Crippen LogP contribution in [0.3, 0.4) is 0 Å². The molecular weight excluding hydrogens is 190 g/mol. The molecular formula is C11H13N3O. The molecule has 1 aromatic carbocycles. The van der Waals surface area contributed by atoms with Crippen molar-refractivity contribution in [2.24, 2.45) is 0 Å². The van der Waals surface area contributed by atoms with E-state index in [-0.39, 0.29) is 0 Å². The maximum absolute atomic E-state index is 5.58. The quantitative estimate of drug-likeness (QED) is 0.827. The second kappa shape index (κ2) is 4.04. The molecule has 0 aliphatic rings. The van der Waals surface area contributed by atoms with Crippen LogP contribution in [0.25, 0.3) is 0 Å². The van der Waals surface area contributed by atoms with Crippen molar-refractivity contribution in [3.63, 3.8) is 0 Å². The van der Waals surface area contributed by atoms with Gasteiger partial charge in [-0.2, -0.15) is 5.10 Å². The molecule has 0 aliphatic carbocycles. The minimum Gasteiger partial charge on any atom is -0.471 e. The first-order valence-electron chi connectivity index (χ1n) is 4.73. The van der Waals surface area contributed by atoms with Crippen LogP contribution in [-0.2, 0) is 6.73 Å². The summed E-state index contributed by atoms with van der Waals surface area (Å²) in [5, 5.41) is 4.02. The highest BCUT2D eigenvalue weighted by atomic mass is 16.5. The van der Waals surface area contributed by atoms with Gasteiger partial charge in [0.05, 0.1) is 0 Å². The van der Waals surface area contributed by atoms with E-state index in [1.807, 2.05) is 31.2 Å². The molecule has 15 heavy (non-hydrogen) atoms. The van der Waals surface area contributed by atoms with E-state index in [2.05, 4.69) is 5.10 Å². The van der Waals surface area contributed by atoms with Gasteiger partial charge in [-0.25, -0.2) is 4.68 Å². The Labute approximate surface area is 88.3 Å². The number of aromatic nitrogens is 2. The molecule has 78 valence electrons. The summed E-state index contributed by atoms with van der Waals surface area (Å²) in [6, 6.07) is 9.60. The number of anilines is 1. The van der Waals surface area contributed by atoms with E-state index in [9.17, 15) is 0 Å². The van der Waals surface area contributed by atoms with Crippen LogP contribution in [0.15, 0.2) is 36.5 Å². The van der Waals surface area contributed by atoms with Crippen LogP contribution in [0.2, 0.25) is 0 Å². The smallest absolute Gasteiger partial charge is 0.180 e. The number of hydrogen-bond donors (Lipinski definition) is 1. The number of rotatable bonds is 3. The predicted molar refractivity (Wildman–Crippen MR) is 58.4 cm³/mol. The van der Waals surface area contributed by atoms with Crippen molar-refractivity contribution in [3.05, 3.63) is 42.1 Å². The van der Waals surface area contributed by atoms with Crippen molar-refractivity contribution in [1.29, 1.82) is 0 Å². The average Bonchev–Trinajstić information content (AvgIpc) is 2.63. The number of para-hydroxylation sites is 1. The molecule has 0 amide bonds. The number of nitrogens with zero attached hydrogens (tertiary/aromatic N) is 2. The van der Waals surface area contributed by atoms with E-state index >= 15 is 0 Å². The van der Waals surface area contributed by atoms with Gasteiger partial charge in [-0.15, -0.1) is 0 Å². The maximum atomic E-state index is 5.58. The summed E-state index contributed by atoms with van der Waals surface area (Å²) in [5.74, 6) is 1.37. The van der Waals surface area contributed by atoms with E-state index in [1.165, 1.54) is 0 Å². The van der Waals surface area contributed by atoms with Crippen molar-refractivity contribution in [2.45, 2.75) is 13.7 Å². The molecule has 0 bridgehead atoms. The zero-order valence-electron chi connectivity index (χ0n) is 8.55. The normalized spacial score (nSPS) is 10.2. The summed E-state index contributed by atoms with van der Waals surface area (Å²) in [4.78, 5) is 0. The lowest BCUT2D eigenvalue weighted by atomic mass is 10.2. The molecule has 2 rings (SSSR count). The maximum Gasteiger partial charge on any atom is 0.180 e. The van der Waals surface area contributed by atoms with Crippen LogP contribution in [-0.4, -0.2) is 9.78 Å². The number of aryl methyl sites for hydroxylation is 1. The lowest BCUT2D eigenvalue weighted by molar-refractivity contribution is 0.220. The van der Waals surface area contributed by atoms with Crippen LogP contribution >= 0.6 is 0 Å². The first kappa shape index (κ1) is 9.58. The van der Waals surface area contributed by atoms with E-state index in [0.717, 1.165) is 11.3 Å². The summed E-state index contributed by atoms with van der Waals surface area (Å²) < 4.78 is 7.24. The minimum absolute atomic E-state index is 0.377. The third kappa shape index (κ3) is 2.28. The topological polar surface area (TPSA) is 53.1 Å². The zero-order valence-corrected chi connectivity index (χ0v) is 8.55. The summed E-state index contributed by atoms with van der Waals surface area (Å²) in [7, 11) is 0. The van der Waals surface area contributed by atoms with E-state index in [1.54, 1.807) is 16.9 Å². The van der Waals surface area contributed by atoms with Crippen molar-refractivity contribution >= 4 is 5.82 Å². The second-order valence-corrected chi connectivity index (χ2v) is 3.32. The highest BCUT2D eigenvalue weighted by Crippen LogP contribution is 2.16. The molecule has 0 fully saturated rings. The SMILES string of the molecule is Cc1ccccc1OCn1ccc(N)n1. The molecule has 0 spiro atoms. The monoisotopic (exact) mass is 203 g/mol. The highest BCUT2D eigenvalue weighted by molar-refractivity contribution is 5.31. The van der Waals surface area contributed by atoms with Gasteiger partial charge in [0.1, 0.15) is 11.6 Å². The van der Waals surface area contributed by atoms with Crippen molar-refractivity contribution in [2.75, 3.05) is 5.73 Å². The molecule has 1 aromatic heterocycles. The highest BCUT2D eigenvalue weighted by Gasteiger charge is 1.98. The van der Waals surface area contributed by atoms with Gasteiger partial charge < -0.3 is 10.5 Å². The average molecular weight is 203 g/mol. The van der Waals surface area contributed by atoms with Gasteiger partial charge in [0, 0.05) is 12.3 Å². The molecule has 0 unspecified atom stereocenters. The number of benzene rings is 1. The zero-order chi connectivity index (χ0) is 10.7. The molecule has 2 aromatic rings. The Hall–Kier alpha value is -1.97. The molecule has 0 saturated carbocycles. The lowest BCUT2D eigenvalue weighted by Gasteiger charge is -2.08. The van der Waals surface area contributed by atoms with Gasteiger partial charge in [-0.1, -0.05) is 18.2 Å². The molecule has 4 heteroatoms. The van der Waals surface area contributed by atoms with E-state index in [4.69, 9.17) is 10.5 Å². The largest absolute Gasteiger partial charge is 0.471 e. The number of nitrogen functional groups attached to an aromatic ring is 1. The Kier molecular flexibility index (Phi) is 2.58. The van der Waals surface area contributed by atoms with Crippen LogP contribution in [0.4, 0.5) is 5.82 Å². The molecule has 0 atom stereocenters. The Morgan fingerprint density at radius 3 is 2.80 bits per heavy atom. The minimum atomic E-state index is 0.377. The third-order valence-electron chi connectivity index (χ3n) is 2.11. The van der Waals surface area contributed by atoms with Crippen LogP contribution < -0.4 is 10.5 Å². The predicted octanol–water partition coefficient (Wildman–Crippen LogP) is 1.81. The van der Waals surface area contributed by atoms with Crippen molar-refractivity contribution < 1.29 is 4.74 Å². The van der Waals surface area contributed by atoms with Crippen LogP contribution in [0.1, 0.15) is 5.56 Å². The summed E-state index contributed by atoms with van der Waals surface area (Å²) >= 11 is 0. The third-order valence-corrected chi connectivity index (χ3v) is 2.11. The Morgan fingerprint density at radius 2 is 2.13 bits per heavy atom. The van der Waals surface area contributed by atoms with Crippen molar-refractivity contribution in [1.82, 2.24) is 9.78 Å². The van der Waals surface area contributed by atoms with Gasteiger partial charge in [0.2, 0.25) is 0 Å². The fourth-order valence-electron chi connectivity index (χ4n) is 1.30. The van der Waals surface area contributed by atoms with Gasteiger partial charge in [-0.3, -0.25) is 0 Å². The molecule has 2 N–H and O–H groups in total. The number of ether oxygens (including phenoxy) is 1. The summed E-state index contributed by atoms with van der Waals surface area (Å²) in [6.45, 7) is 2.38. The summed E-state index contributed by atoms with van der Waals surface area (Å²) in [6.07, 6.45) is 1.79. The molecule has 1 heterocycles. The van der Waals surface area contributed by atoms with Gasteiger partial charge in [0.25, 0.3) is 0 Å². The lowest BCUT2D eigenvalue weighted by Crippen LogP contribution is -2.06. The number of nitrogens with two attached hydrogens (primary N) is 1. The van der Waals surface area contributed by atoms with E-state index < -0.39 is 0 Å². The fraction of sp³-hybridized carbons (Fsp3) is 0.182. The van der Waals surface area contributed by atoms with Crippen LogP contribution in [0.5, 0.6) is 5.75 Å². The van der Waals surface area contributed by atoms with Gasteiger partial charge in [-0.05, 0) is 18.6 Å². The van der Waals surface area contributed by atoms with Gasteiger partial charge >= 0.3 is 0 Å². The molecule has 0 saturated heterocycles. The fourth-order valence-corrected chi connectivity index (χ4v) is 1.30. The standard InChI is InChI=1S/C11H13N3O/c1-9-4-2-3-5-10(9)15-8-14-7-6-11(12)13-14/h2-7H,8H2,1H3,(H2,12,13). The summed E-state index contributed by atoms with van der Waals surface area (Å²) in [5.41, 5.74) is 6.60. The first-order valence-corrected chi connectivity index (χ1v) is 4.73. The molecule has 0 radical (unpaired) electrons. The Balaban J connectivity index is 2.02. The molecule has 4 nitrogen and oxygen atoms in total. The first-order chi connectivity index (χ1) is 7.25. The van der Waals surface area contributed by atoms with Crippen LogP contribution in [0, 0.1) is 6.92 Å².